The average molecular weight is 485 g/mol. The molecular formula is C29H32N4O3. The Morgan fingerprint density at radius 2 is 1.17 bits per heavy atom. The number of amides is 3. The predicted molar refractivity (Wildman–Crippen MR) is 139 cm³/mol. The fourth-order valence-electron chi connectivity index (χ4n) is 4.31. The zero-order valence-electron chi connectivity index (χ0n) is 20.1. The van der Waals surface area contributed by atoms with Gasteiger partial charge in [0.1, 0.15) is 6.04 Å². The van der Waals surface area contributed by atoms with Crippen LogP contribution in [0.5, 0.6) is 0 Å². The molecule has 7 heteroatoms. The first-order chi connectivity index (χ1) is 17.5. The molecule has 7 nitrogen and oxygen atoms in total. The van der Waals surface area contributed by atoms with E-state index < -0.39 is 12.1 Å². The van der Waals surface area contributed by atoms with Crippen molar-refractivity contribution in [1.29, 1.82) is 0 Å². The van der Waals surface area contributed by atoms with Crippen molar-refractivity contribution in [1.82, 2.24) is 16.0 Å². The van der Waals surface area contributed by atoms with Crippen LogP contribution in [0.2, 0.25) is 0 Å². The van der Waals surface area contributed by atoms with E-state index in [0.29, 0.717) is 31.2 Å². The van der Waals surface area contributed by atoms with E-state index in [0.717, 1.165) is 11.1 Å². The van der Waals surface area contributed by atoms with Crippen LogP contribution in [0.1, 0.15) is 34.3 Å². The first-order valence-electron chi connectivity index (χ1n) is 12.3. The van der Waals surface area contributed by atoms with Crippen LogP contribution in [-0.4, -0.2) is 41.9 Å². The molecule has 0 heterocycles. The van der Waals surface area contributed by atoms with Gasteiger partial charge in [-0.05, 0) is 42.5 Å². The maximum absolute atomic E-state index is 13.1. The van der Waals surface area contributed by atoms with Gasteiger partial charge >= 0.3 is 0 Å². The van der Waals surface area contributed by atoms with Crippen molar-refractivity contribution in [2.45, 2.75) is 49.9 Å². The highest BCUT2D eigenvalue weighted by Gasteiger charge is 2.34. The van der Waals surface area contributed by atoms with Crippen LogP contribution in [0, 0.1) is 0 Å². The minimum atomic E-state index is -0.715. The highest BCUT2D eigenvalue weighted by molar-refractivity contribution is 5.97. The average Bonchev–Trinajstić information content (AvgIpc) is 2.88. The molecule has 36 heavy (non-hydrogen) atoms. The maximum atomic E-state index is 13.1. The summed E-state index contributed by atoms with van der Waals surface area (Å²) in [6.07, 6.45) is 2.11. The van der Waals surface area contributed by atoms with Crippen LogP contribution >= 0.6 is 0 Å². The van der Waals surface area contributed by atoms with E-state index in [2.05, 4.69) is 16.0 Å². The van der Waals surface area contributed by atoms with Gasteiger partial charge in [0.15, 0.2) is 0 Å². The van der Waals surface area contributed by atoms with E-state index in [1.54, 1.807) is 24.3 Å². The van der Waals surface area contributed by atoms with Gasteiger partial charge in [-0.3, -0.25) is 14.4 Å². The normalized spacial score (nSPS) is 18.2. The molecule has 4 rings (SSSR count). The summed E-state index contributed by atoms with van der Waals surface area (Å²) in [5.41, 5.74) is 8.55. The molecule has 3 aromatic carbocycles. The van der Waals surface area contributed by atoms with Gasteiger partial charge in [-0.25, -0.2) is 0 Å². The van der Waals surface area contributed by atoms with Crippen molar-refractivity contribution in [3.63, 3.8) is 0 Å². The van der Waals surface area contributed by atoms with Crippen LogP contribution in [0.15, 0.2) is 91.0 Å². The molecule has 0 bridgehead atoms. The van der Waals surface area contributed by atoms with Crippen LogP contribution in [0.4, 0.5) is 0 Å². The van der Waals surface area contributed by atoms with E-state index in [4.69, 9.17) is 5.73 Å². The standard InChI is InChI=1S/C29H32N4O3/c30-25(16-20-10-4-1-5-11-20)28(35)31-23-18-24(19-23)32-29(36)26(17-21-12-6-2-7-13-21)33-27(34)22-14-8-3-9-15-22/h1-15,23-26H,16-19,30H2,(H,31,35)(H,32,36)(H,33,34)/t23?,24?,25-,26-/m0/s1. The largest absolute Gasteiger partial charge is 0.352 e. The number of nitrogens with two attached hydrogens (primary N) is 1. The number of nitrogens with one attached hydrogen (secondary N) is 3. The molecule has 3 aromatic rings. The van der Waals surface area contributed by atoms with Gasteiger partial charge < -0.3 is 21.7 Å². The molecule has 0 aromatic heterocycles. The second-order valence-corrected chi connectivity index (χ2v) is 9.26. The maximum Gasteiger partial charge on any atom is 0.251 e. The molecule has 0 saturated heterocycles. The molecule has 2 atom stereocenters. The minimum Gasteiger partial charge on any atom is -0.352 e. The molecule has 1 saturated carbocycles. The first kappa shape index (κ1) is 25.1. The summed E-state index contributed by atoms with van der Waals surface area (Å²) < 4.78 is 0. The lowest BCUT2D eigenvalue weighted by atomic mass is 9.86. The number of hydrogen-bond donors (Lipinski definition) is 4. The van der Waals surface area contributed by atoms with Gasteiger partial charge in [0.05, 0.1) is 6.04 Å². The summed E-state index contributed by atoms with van der Waals surface area (Å²) in [6.45, 7) is 0. The fraction of sp³-hybridized carbons (Fsp3) is 0.276. The number of carbonyl (C=O) groups is 3. The summed E-state index contributed by atoms with van der Waals surface area (Å²) in [7, 11) is 0. The minimum absolute atomic E-state index is 0.0314. The van der Waals surface area contributed by atoms with E-state index in [1.165, 1.54) is 0 Å². The van der Waals surface area contributed by atoms with Crippen LogP contribution in [-0.2, 0) is 22.4 Å². The molecule has 1 aliphatic carbocycles. The topological polar surface area (TPSA) is 113 Å². The third-order valence-electron chi connectivity index (χ3n) is 6.41. The second-order valence-electron chi connectivity index (χ2n) is 9.26. The third-order valence-corrected chi connectivity index (χ3v) is 6.41. The van der Waals surface area contributed by atoms with Crippen molar-refractivity contribution in [3.05, 3.63) is 108 Å². The van der Waals surface area contributed by atoms with Crippen molar-refractivity contribution < 1.29 is 14.4 Å². The molecule has 5 N–H and O–H groups in total. The van der Waals surface area contributed by atoms with Crippen LogP contribution in [0.3, 0.4) is 0 Å². The highest BCUT2D eigenvalue weighted by Crippen LogP contribution is 2.20. The smallest absolute Gasteiger partial charge is 0.251 e. The molecule has 3 amide bonds. The number of carbonyl (C=O) groups excluding carboxylic acids is 3. The number of rotatable bonds is 10. The second kappa shape index (κ2) is 12.1. The van der Waals surface area contributed by atoms with Crippen LogP contribution < -0.4 is 21.7 Å². The summed E-state index contributed by atoms with van der Waals surface area (Å²) in [6, 6.07) is 26.7. The molecule has 1 aliphatic rings. The molecule has 0 radical (unpaired) electrons. The van der Waals surface area contributed by atoms with E-state index in [9.17, 15) is 14.4 Å². The molecule has 0 spiro atoms. The molecular weight excluding hydrogens is 452 g/mol. The Morgan fingerprint density at radius 1 is 0.694 bits per heavy atom. The summed E-state index contributed by atoms with van der Waals surface area (Å²) in [5, 5.41) is 8.89. The van der Waals surface area contributed by atoms with Crippen molar-refractivity contribution in [2.75, 3.05) is 0 Å². The highest BCUT2D eigenvalue weighted by atomic mass is 16.2. The van der Waals surface area contributed by atoms with Gasteiger partial charge in [0.2, 0.25) is 11.8 Å². The fourth-order valence-corrected chi connectivity index (χ4v) is 4.31. The lowest BCUT2D eigenvalue weighted by Crippen LogP contribution is -2.59. The Balaban J connectivity index is 1.28. The Labute approximate surface area is 211 Å². The zero-order chi connectivity index (χ0) is 25.3. The van der Waals surface area contributed by atoms with Crippen molar-refractivity contribution in [2.24, 2.45) is 5.73 Å². The predicted octanol–water partition coefficient (Wildman–Crippen LogP) is 2.36. The van der Waals surface area contributed by atoms with E-state index in [-0.39, 0.29) is 29.8 Å². The van der Waals surface area contributed by atoms with E-state index >= 15 is 0 Å². The third kappa shape index (κ3) is 7.02. The molecule has 186 valence electrons. The number of hydrogen-bond acceptors (Lipinski definition) is 4. The van der Waals surface area contributed by atoms with Gasteiger partial charge in [-0.2, -0.15) is 0 Å². The SMILES string of the molecule is N[C@@H](Cc1ccccc1)C(=O)NC1CC(NC(=O)[C@H](Cc2ccccc2)NC(=O)c2ccccc2)C1. The Morgan fingerprint density at radius 3 is 1.72 bits per heavy atom. The van der Waals surface area contributed by atoms with Crippen LogP contribution in [0.25, 0.3) is 0 Å². The first-order valence-corrected chi connectivity index (χ1v) is 12.3. The zero-order valence-corrected chi connectivity index (χ0v) is 20.1. The van der Waals surface area contributed by atoms with Gasteiger partial charge in [0.25, 0.3) is 5.91 Å². The van der Waals surface area contributed by atoms with Crippen molar-refractivity contribution >= 4 is 17.7 Å². The molecule has 1 fully saturated rings. The lowest BCUT2D eigenvalue weighted by molar-refractivity contribution is -0.125. The quantitative estimate of drug-likeness (QED) is 0.354. The summed E-state index contributed by atoms with van der Waals surface area (Å²) in [4.78, 5) is 38.3. The summed E-state index contributed by atoms with van der Waals surface area (Å²) >= 11 is 0. The van der Waals surface area contributed by atoms with Gasteiger partial charge in [0, 0.05) is 24.1 Å². The molecule has 0 unspecified atom stereocenters. The molecule has 0 aliphatic heterocycles. The van der Waals surface area contributed by atoms with Gasteiger partial charge in [-0.1, -0.05) is 78.9 Å². The number of benzene rings is 3. The lowest BCUT2D eigenvalue weighted by Gasteiger charge is -2.37. The summed E-state index contributed by atoms with van der Waals surface area (Å²) in [5.74, 6) is -0.720. The monoisotopic (exact) mass is 484 g/mol. The Hall–Kier alpha value is -3.97. The van der Waals surface area contributed by atoms with E-state index in [1.807, 2.05) is 66.7 Å². The Kier molecular flexibility index (Phi) is 8.47. The van der Waals surface area contributed by atoms with Gasteiger partial charge in [-0.15, -0.1) is 0 Å². The van der Waals surface area contributed by atoms with Crippen molar-refractivity contribution in [3.8, 4) is 0 Å². The Bertz CT molecular complexity index is 1150.